The summed E-state index contributed by atoms with van der Waals surface area (Å²) in [4.78, 5) is 10.9. The molecular formula is C8H7BrFNO. The zero-order valence-electron chi connectivity index (χ0n) is 6.40. The van der Waals surface area contributed by atoms with Crippen molar-refractivity contribution >= 4 is 27.4 Å². The molecule has 1 rings (SSSR count). The van der Waals surface area contributed by atoms with E-state index < -0.39 is 5.82 Å². The zero-order chi connectivity index (χ0) is 9.30. The molecule has 0 heterocycles. The monoisotopic (exact) mass is 231 g/mol. The largest absolute Gasteiger partial charge is 0.395 e. The molecule has 0 radical (unpaired) electrons. The third-order valence-electron chi connectivity index (χ3n) is 1.51. The minimum atomic E-state index is -0.521. The first-order valence-electron chi connectivity index (χ1n) is 3.28. The molecule has 2 N–H and O–H groups in total. The van der Waals surface area contributed by atoms with E-state index in [1.807, 2.05) is 0 Å². The molecule has 0 atom stereocenters. The van der Waals surface area contributed by atoms with Gasteiger partial charge >= 0.3 is 0 Å². The first kappa shape index (κ1) is 9.19. The zero-order valence-corrected chi connectivity index (χ0v) is 7.98. The Morgan fingerprint density at radius 1 is 1.58 bits per heavy atom. The van der Waals surface area contributed by atoms with Gasteiger partial charge in [0.25, 0.3) is 0 Å². The summed E-state index contributed by atoms with van der Waals surface area (Å²) in [7, 11) is 0. The normalized spacial score (nSPS) is 9.92. The lowest BCUT2D eigenvalue weighted by atomic mass is 10.1. The third-order valence-corrected chi connectivity index (χ3v) is 2.36. The Morgan fingerprint density at radius 2 is 2.17 bits per heavy atom. The van der Waals surface area contributed by atoms with E-state index in [9.17, 15) is 9.18 Å². The van der Waals surface area contributed by atoms with Crippen molar-refractivity contribution in [1.82, 2.24) is 0 Å². The summed E-state index contributed by atoms with van der Waals surface area (Å²) in [5, 5.41) is 0. The van der Waals surface area contributed by atoms with Crippen LogP contribution in [0.1, 0.15) is 17.3 Å². The summed E-state index contributed by atoms with van der Waals surface area (Å²) in [6.45, 7) is 1.40. The predicted octanol–water partition coefficient (Wildman–Crippen LogP) is 2.37. The fraction of sp³-hybridized carbons (Fsp3) is 0.125. The van der Waals surface area contributed by atoms with Crippen LogP contribution in [0, 0.1) is 5.82 Å². The Morgan fingerprint density at radius 3 is 2.67 bits per heavy atom. The molecule has 64 valence electrons. The fourth-order valence-electron chi connectivity index (χ4n) is 0.841. The van der Waals surface area contributed by atoms with Crippen LogP contribution in [0.4, 0.5) is 10.1 Å². The number of nitrogen functional groups attached to an aromatic ring is 1. The first-order chi connectivity index (χ1) is 5.54. The van der Waals surface area contributed by atoms with E-state index in [1.54, 1.807) is 0 Å². The summed E-state index contributed by atoms with van der Waals surface area (Å²) in [5.41, 5.74) is 5.72. The van der Waals surface area contributed by atoms with Crippen LogP contribution in [0.5, 0.6) is 0 Å². The highest BCUT2D eigenvalue weighted by Gasteiger charge is 2.10. The smallest absolute Gasteiger partial charge is 0.161 e. The molecule has 0 unspecified atom stereocenters. The summed E-state index contributed by atoms with van der Waals surface area (Å²) >= 11 is 3.05. The van der Waals surface area contributed by atoms with Crippen molar-refractivity contribution in [1.29, 1.82) is 0 Å². The van der Waals surface area contributed by atoms with Gasteiger partial charge in [-0.3, -0.25) is 4.79 Å². The van der Waals surface area contributed by atoms with E-state index in [-0.39, 0.29) is 11.5 Å². The fourth-order valence-corrected chi connectivity index (χ4v) is 1.44. The minimum absolute atomic E-state index is 0.0253. The summed E-state index contributed by atoms with van der Waals surface area (Å²) < 4.78 is 13.1. The Hall–Kier alpha value is -0.900. The molecule has 0 aromatic heterocycles. The topological polar surface area (TPSA) is 43.1 Å². The molecule has 0 aliphatic carbocycles. The predicted molar refractivity (Wildman–Crippen MR) is 48.5 cm³/mol. The van der Waals surface area contributed by atoms with Crippen molar-refractivity contribution in [3.8, 4) is 0 Å². The van der Waals surface area contributed by atoms with Crippen molar-refractivity contribution in [2.24, 2.45) is 0 Å². The van der Waals surface area contributed by atoms with Crippen LogP contribution in [-0.2, 0) is 0 Å². The van der Waals surface area contributed by atoms with E-state index in [1.165, 1.54) is 19.1 Å². The SMILES string of the molecule is CC(=O)c1ccc(F)c(N)c1Br. The van der Waals surface area contributed by atoms with E-state index in [0.717, 1.165) is 0 Å². The summed E-state index contributed by atoms with van der Waals surface area (Å²) in [6, 6.07) is 2.58. The molecule has 0 bridgehead atoms. The van der Waals surface area contributed by atoms with Crippen molar-refractivity contribution < 1.29 is 9.18 Å². The van der Waals surface area contributed by atoms with E-state index >= 15 is 0 Å². The molecule has 0 amide bonds. The van der Waals surface area contributed by atoms with Crippen LogP contribution in [0.25, 0.3) is 0 Å². The van der Waals surface area contributed by atoms with Crippen molar-refractivity contribution in [2.75, 3.05) is 5.73 Å². The second-order valence-electron chi connectivity index (χ2n) is 2.38. The lowest BCUT2D eigenvalue weighted by molar-refractivity contribution is 0.101. The van der Waals surface area contributed by atoms with Crippen LogP contribution in [-0.4, -0.2) is 5.78 Å². The number of benzene rings is 1. The lowest BCUT2D eigenvalue weighted by Crippen LogP contribution is -1.99. The maximum atomic E-state index is 12.8. The van der Waals surface area contributed by atoms with Gasteiger partial charge in [0.15, 0.2) is 5.78 Å². The summed E-state index contributed by atoms with van der Waals surface area (Å²) in [6.07, 6.45) is 0. The highest BCUT2D eigenvalue weighted by Crippen LogP contribution is 2.26. The number of halogens is 2. The molecule has 12 heavy (non-hydrogen) atoms. The summed E-state index contributed by atoms with van der Waals surface area (Å²) in [5.74, 6) is -0.666. The number of Topliss-reactive ketones (excluding diaryl/α,β-unsaturated/α-hetero) is 1. The van der Waals surface area contributed by atoms with Crippen LogP contribution >= 0.6 is 15.9 Å². The van der Waals surface area contributed by atoms with Crippen molar-refractivity contribution in [3.05, 3.63) is 28.0 Å². The molecule has 1 aromatic rings. The Balaban J connectivity index is 3.36. The highest BCUT2D eigenvalue weighted by atomic mass is 79.9. The maximum Gasteiger partial charge on any atom is 0.161 e. The van der Waals surface area contributed by atoms with Gasteiger partial charge in [-0.25, -0.2) is 4.39 Å². The quantitative estimate of drug-likeness (QED) is 0.596. The number of hydrogen-bond donors (Lipinski definition) is 1. The van der Waals surface area contributed by atoms with Crippen LogP contribution < -0.4 is 5.73 Å². The maximum absolute atomic E-state index is 12.8. The van der Waals surface area contributed by atoms with Gasteiger partial charge in [-0.1, -0.05) is 0 Å². The lowest BCUT2D eigenvalue weighted by Gasteiger charge is -2.03. The van der Waals surface area contributed by atoms with Gasteiger partial charge in [-0.2, -0.15) is 0 Å². The van der Waals surface area contributed by atoms with Gasteiger partial charge in [0.2, 0.25) is 0 Å². The van der Waals surface area contributed by atoms with Gasteiger partial charge in [-0.05, 0) is 35.0 Å². The molecule has 0 spiro atoms. The molecular weight excluding hydrogens is 225 g/mol. The van der Waals surface area contributed by atoms with E-state index in [2.05, 4.69) is 15.9 Å². The van der Waals surface area contributed by atoms with Gasteiger partial charge in [0, 0.05) is 5.56 Å². The number of rotatable bonds is 1. The Bertz CT molecular complexity index is 338. The van der Waals surface area contributed by atoms with E-state index in [0.29, 0.717) is 10.0 Å². The third kappa shape index (κ3) is 1.48. The number of ketones is 1. The molecule has 1 aromatic carbocycles. The first-order valence-corrected chi connectivity index (χ1v) is 4.07. The van der Waals surface area contributed by atoms with Gasteiger partial charge < -0.3 is 5.73 Å². The minimum Gasteiger partial charge on any atom is -0.395 e. The van der Waals surface area contributed by atoms with Crippen molar-refractivity contribution in [3.63, 3.8) is 0 Å². The molecule has 0 fully saturated rings. The molecule has 4 heteroatoms. The average Bonchev–Trinajstić information content (AvgIpc) is 2.00. The second-order valence-corrected chi connectivity index (χ2v) is 3.17. The number of carbonyl (C=O) groups excluding carboxylic acids is 1. The second kappa shape index (κ2) is 3.23. The Kier molecular flexibility index (Phi) is 2.47. The van der Waals surface area contributed by atoms with Gasteiger partial charge in [0.1, 0.15) is 5.82 Å². The van der Waals surface area contributed by atoms with Gasteiger partial charge in [0.05, 0.1) is 10.2 Å². The molecule has 0 saturated heterocycles. The number of anilines is 1. The average molecular weight is 232 g/mol. The highest BCUT2D eigenvalue weighted by molar-refractivity contribution is 9.10. The number of carbonyl (C=O) groups is 1. The number of nitrogens with two attached hydrogens (primary N) is 1. The molecule has 0 aliphatic rings. The van der Waals surface area contributed by atoms with Crippen molar-refractivity contribution in [2.45, 2.75) is 6.92 Å². The van der Waals surface area contributed by atoms with E-state index in [4.69, 9.17) is 5.73 Å². The molecule has 0 aliphatic heterocycles. The van der Waals surface area contributed by atoms with Crippen LogP contribution in [0.2, 0.25) is 0 Å². The standard InChI is InChI=1S/C8H7BrFNO/c1-4(12)5-2-3-6(10)8(11)7(5)9/h2-3H,11H2,1H3. The van der Waals surface area contributed by atoms with Gasteiger partial charge in [-0.15, -0.1) is 0 Å². The van der Waals surface area contributed by atoms with Crippen LogP contribution in [0.15, 0.2) is 16.6 Å². The molecule has 0 saturated carbocycles. The molecule has 2 nitrogen and oxygen atoms in total. The van der Waals surface area contributed by atoms with Crippen LogP contribution in [0.3, 0.4) is 0 Å². The Labute approximate surface area is 77.7 Å². The number of hydrogen-bond acceptors (Lipinski definition) is 2.